The molecule has 1 fully saturated rings. The molecule has 1 saturated heterocycles. The molecule has 0 bridgehead atoms. The number of para-hydroxylation sites is 1. The second-order valence-electron chi connectivity index (χ2n) is 7.45. The van der Waals surface area contributed by atoms with E-state index in [-0.39, 0.29) is 5.60 Å². The number of rotatable bonds is 2. The Bertz CT molecular complexity index is 1020. The number of ether oxygens (including phenoxy) is 1. The molecule has 0 aliphatic carbocycles. The highest BCUT2D eigenvalue weighted by Crippen LogP contribution is 2.37. The first-order valence-corrected chi connectivity index (χ1v) is 9.69. The third-order valence-electron chi connectivity index (χ3n) is 5.51. The van der Waals surface area contributed by atoms with Crippen molar-refractivity contribution in [2.45, 2.75) is 25.4 Å². The summed E-state index contributed by atoms with van der Waals surface area (Å²) in [5, 5.41) is 0. The van der Waals surface area contributed by atoms with Crippen LogP contribution in [0, 0.1) is 6.92 Å². The molecule has 2 aromatic heterocycles. The van der Waals surface area contributed by atoms with Crippen molar-refractivity contribution in [3.63, 3.8) is 0 Å². The van der Waals surface area contributed by atoms with Crippen molar-refractivity contribution < 1.29 is 4.74 Å². The van der Waals surface area contributed by atoms with Crippen LogP contribution < -0.4 is 9.64 Å². The van der Waals surface area contributed by atoms with E-state index in [0.717, 1.165) is 60.1 Å². The summed E-state index contributed by atoms with van der Waals surface area (Å²) in [5.74, 6) is 2.71. The zero-order chi connectivity index (χ0) is 19.0. The molecule has 28 heavy (non-hydrogen) atoms. The topological polar surface area (TPSA) is 51.1 Å². The van der Waals surface area contributed by atoms with Gasteiger partial charge in [-0.3, -0.25) is 4.98 Å². The normalized spacial score (nSPS) is 17.2. The van der Waals surface area contributed by atoms with Gasteiger partial charge in [-0.05, 0) is 31.2 Å². The summed E-state index contributed by atoms with van der Waals surface area (Å²) in [4.78, 5) is 15.9. The monoisotopic (exact) mass is 370 g/mol. The number of hydrogen-bond donors (Lipinski definition) is 0. The van der Waals surface area contributed by atoms with Crippen LogP contribution in [0.1, 0.15) is 24.1 Å². The van der Waals surface area contributed by atoms with Crippen LogP contribution >= 0.6 is 0 Å². The van der Waals surface area contributed by atoms with Crippen molar-refractivity contribution in [1.29, 1.82) is 0 Å². The molecule has 5 nitrogen and oxygen atoms in total. The predicted molar refractivity (Wildman–Crippen MR) is 110 cm³/mol. The van der Waals surface area contributed by atoms with Crippen molar-refractivity contribution in [2.24, 2.45) is 0 Å². The van der Waals surface area contributed by atoms with Gasteiger partial charge < -0.3 is 9.64 Å². The van der Waals surface area contributed by atoms with Crippen LogP contribution in [0.2, 0.25) is 0 Å². The van der Waals surface area contributed by atoms with Crippen LogP contribution in [0.15, 0.2) is 60.9 Å². The first kappa shape index (κ1) is 16.9. The van der Waals surface area contributed by atoms with Gasteiger partial charge in [0.2, 0.25) is 0 Å². The SMILES string of the molecule is Cc1cc(N2CCC3(C=Cc4ccccc4O3)CC2)nc(-c2ccncc2)n1. The molecule has 0 atom stereocenters. The minimum Gasteiger partial charge on any atom is -0.482 e. The predicted octanol–water partition coefficient (Wildman–Crippen LogP) is 4.29. The lowest BCUT2D eigenvalue weighted by atomic mass is 9.88. The number of piperidine rings is 1. The number of pyridine rings is 1. The Morgan fingerprint density at radius 1 is 1.00 bits per heavy atom. The second-order valence-corrected chi connectivity index (χ2v) is 7.45. The molecule has 5 heteroatoms. The molecule has 2 aliphatic rings. The highest BCUT2D eigenvalue weighted by molar-refractivity contribution is 5.61. The molecular weight excluding hydrogens is 348 g/mol. The van der Waals surface area contributed by atoms with Gasteiger partial charge >= 0.3 is 0 Å². The highest BCUT2D eigenvalue weighted by Gasteiger charge is 2.37. The lowest BCUT2D eigenvalue weighted by molar-refractivity contribution is 0.0891. The van der Waals surface area contributed by atoms with Crippen molar-refractivity contribution in [3.05, 3.63) is 72.2 Å². The number of aryl methyl sites for hydroxylation is 1. The summed E-state index contributed by atoms with van der Waals surface area (Å²) in [6.07, 6.45) is 9.86. The van der Waals surface area contributed by atoms with Crippen LogP contribution in [-0.4, -0.2) is 33.6 Å². The Hall–Kier alpha value is -3.21. The fourth-order valence-corrected chi connectivity index (χ4v) is 3.93. The zero-order valence-electron chi connectivity index (χ0n) is 15.9. The lowest BCUT2D eigenvalue weighted by Gasteiger charge is -2.42. The van der Waals surface area contributed by atoms with E-state index in [0.29, 0.717) is 0 Å². The fourth-order valence-electron chi connectivity index (χ4n) is 3.93. The molecule has 0 unspecified atom stereocenters. The molecule has 5 rings (SSSR count). The Kier molecular flexibility index (Phi) is 4.08. The molecule has 0 amide bonds. The third-order valence-corrected chi connectivity index (χ3v) is 5.51. The molecule has 0 radical (unpaired) electrons. The minimum atomic E-state index is -0.207. The van der Waals surface area contributed by atoms with Crippen molar-refractivity contribution in [1.82, 2.24) is 15.0 Å². The molecule has 3 aromatic rings. The van der Waals surface area contributed by atoms with Crippen molar-refractivity contribution >= 4 is 11.9 Å². The number of aromatic nitrogens is 3. The third kappa shape index (κ3) is 3.13. The molecule has 2 aliphatic heterocycles. The summed E-state index contributed by atoms with van der Waals surface area (Å²) in [5.41, 5.74) is 2.91. The van der Waals surface area contributed by atoms with E-state index in [2.05, 4.69) is 45.2 Å². The van der Waals surface area contributed by atoms with E-state index >= 15 is 0 Å². The average molecular weight is 370 g/mol. The standard InChI is InChI=1S/C23H22N4O/c1-17-16-21(26-22(25-17)19-7-12-24-13-8-19)27-14-10-23(11-15-27)9-6-18-4-2-3-5-20(18)28-23/h2-9,12-13,16H,10-11,14-15H2,1H3. The van der Waals surface area contributed by atoms with E-state index in [9.17, 15) is 0 Å². The number of nitrogens with zero attached hydrogens (tertiary/aromatic N) is 4. The van der Waals surface area contributed by atoms with Gasteiger partial charge in [0.25, 0.3) is 0 Å². The smallest absolute Gasteiger partial charge is 0.161 e. The Morgan fingerprint density at radius 2 is 1.79 bits per heavy atom. The van der Waals surface area contributed by atoms with Crippen LogP contribution in [0.3, 0.4) is 0 Å². The Morgan fingerprint density at radius 3 is 2.61 bits per heavy atom. The van der Waals surface area contributed by atoms with E-state index in [1.807, 2.05) is 31.2 Å². The quantitative estimate of drug-likeness (QED) is 0.673. The van der Waals surface area contributed by atoms with Crippen molar-refractivity contribution in [3.8, 4) is 17.1 Å². The summed E-state index contributed by atoms with van der Waals surface area (Å²) in [7, 11) is 0. The molecule has 4 heterocycles. The molecule has 0 N–H and O–H groups in total. The number of anilines is 1. The summed E-state index contributed by atoms with van der Waals surface area (Å²) < 4.78 is 6.41. The zero-order valence-corrected chi connectivity index (χ0v) is 15.9. The summed E-state index contributed by atoms with van der Waals surface area (Å²) >= 11 is 0. The Balaban J connectivity index is 1.36. The minimum absolute atomic E-state index is 0.207. The van der Waals surface area contributed by atoms with E-state index in [1.165, 1.54) is 0 Å². The van der Waals surface area contributed by atoms with Crippen LogP contribution in [-0.2, 0) is 0 Å². The van der Waals surface area contributed by atoms with E-state index in [1.54, 1.807) is 12.4 Å². The molecular formula is C23H22N4O. The maximum Gasteiger partial charge on any atom is 0.161 e. The van der Waals surface area contributed by atoms with Gasteiger partial charge in [0, 0.05) is 61.2 Å². The molecule has 1 spiro atoms. The van der Waals surface area contributed by atoms with Crippen LogP contribution in [0.4, 0.5) is 5.82 Å². The average Bonchev–Trinajstić information content (AvgIpc) is 2.74. The Labute approximate surface area is 164 Å². The number of fused-ring (bicyclic) bond motifs is 1. The molecule has 1 aromatic carbocycles. The first-order chi connectivity index (χ1) is 13.7. The van der Waals surface area contributed by atoms with Gasteiger partial charge in [-0.15, -0.1) is 0 Å². The van der Waals surface area contributed by atoms with Gasteiger partial charge in [-0.1, -0.05) is 24.3 Å². The van der Waals surface area contributed by atoms with Crippen molar-refractivity contribution in [2.75, 3.05) is 18.0 Å². The number of benzene rings is 1. The molecule has 0 saturated carbocycles. The maximum absolute atomic E-state index is 6.41. The first-order valence-electron chi connectivity index (χ1n) is 9.69. The van der Waals surface area contributed by atoms with Gasteiger partial charge in [0.05, 0.1) is 0 Å². The second kappa shape index (κ2) is 6.75. The van der Waals surface area contributed by atoms with Gasteiger partial charge in [-0.2, -0.15) is 0 Å². The van der Waals surface area contributed by atoms with Crippen LogP contribution in [0.25, 0.3) is 17.5 Å². The van der Waals surface area contributed by atoms with Gasteiger partial charge in [0.15, 0.2) is 5.82 Å². The maximum atomic E-state index is 6.41. The van der Waals surface area contributed by atoms with Gasteiger partial charge in [0.1, 0.15) is 17.2 Å². The molecule has 140 valence electrons. The highest BCUT2D eigenvalue weighted by atomic mass is 16.5. The van der Waals surface area contributed by atoms with E-state index in [4.69, 9.17) is 9.72 Å². The van der Waals surface area contributed by atoms with E-state index < -0.39 is 0 Å². The summed E-state index contributed by atoms with van der Waals surface area (Å²) in [6.45, 7) is 3.82. The number of hydrogen-bond acceptors (Lipinski definition) is 5. The van der Waals surface area contributed by atoms with Gasteiger partial charge in [-0.25, -0.2) is 9.97 Å². The summed E-state index contributed by atoms with van der Waals surface area (Å²) in [6, 6.07) is 14.2. The fraction of sp³-hybridized carbons (Fsp3) is 0.261. The lowest BCUT2D eigenvalue weighted by Crippen LogP contribution is -2.48. The van der Waals surface area contributed by atoms with Crippen LogP contribution in [0.5, 0.6) is 5.75 Å². The largest absolute Gasteiger partial charge is 0.482 e.